The number of aliphatic hydroxyl groups is 1. The lowest BCUT2D eigenvalue weighted by Crippen LogP contribution is -2.30. The molecule has 0 saturated heterocycles. The monoisotopic (exact) mass is 250 g/mol. The molecule has 0 bridgehead atoms. The van der Waals surface area contributed by atoms with E-state index in [0.717, 1.165) is 18.4 Å². The van der Waals surface area contributed by atoms with E-state index in [0.29, 0.717) is 19.1 Å². The van der Waals surface area contributed by atoms with Gasteiger partial charge in [-0.3, -0.25) is 0 Å². The third kappa shape index (κ3) is 2.91. The van der Waals surface area contributed by atoms with Gasteiger partial charge in [-0.15, -0.1) is 0 Å². The third-order valence-electron chi connectivity index (χ3n) is 3.61. The molecule has 0 aliphatic heterocycles. The van der Waals surface area contributed by atoms with E-state index in [2.05, 4.69) is 13.0 Å². The fourth-order valence-corrected chi connectivity index (χ4v) is 2.63. The lowest BCUT2D eigenvalue weighted by atomic mass is 9.80. The number of hydrogen-bond acceptors (Lipinski definition) is 3. The maximum Gasteiger partial charge on any atom is 0.105 e. The molecule has 100 valence electrons. The predicted octanol–water partition coefficient (Wildman–Crippen LogP) is 2.65. The van der Waals surface area contributed by atoms with E-state index >= 15 is 0 Å². The highest BCUT2D eigenvalue weighted by atomic mass is 16.5. The summed E-state index contributed by atoms with van der Waals surface area (Å²) in [4.78, 5) is 0. The number of fused-ring (bicyclic) bond motifs is 1. The molecule has 1 aliphatic rings. The topological polar surface area (TPSA) is 38.7 Å². The van der Waals surface area contributed by atoms with Gasteiger partial charge in [0.25, 0.3) is 0 Å². The minimum atomic E-state index is -0.500. The zero-order valence-electron chi connectivity index (χ0n) is 11.1. The summed E-state index contributed by atoms with van der Waals surface area (Å²) in [6.07, 6.45) is 1.16. The van der Waals surface area contributed by atoms with Crippen LogP contribution >= 0.6 is 0 Å². The predicted molar refractivity (Wildman–Crippen MR) is 70.7 cm³/mol. The van der Waals surface area contributed by atoms with E-state index in [9.17, 15) is 5.11 Å². The first-order valence-corrected chi connectivity index (χ1v) is 6.61. The number of aliphatic hydroxyl groups excluding tert-OH is 1. The van der Waals surface area contributed by atoms with E-state index in [-0.39, 0.29) is 6.10 Å². The van der Waals surface area contributed by atoms with E-state index < -0.39 is 6.10 Å². The highest BCUT2D eigenvalue weighted by Gasteiger charge is 2.32. The van der Waals surface area contributed by atoms with Crippen molar-refractivity contribution in [3.63, 3.8) is 0 Å². The first-order chi connectivity index (χ1) is 8.74. The maximum absolute atomic E-state index is 10.3. The van der Waals surface area contributed by atoms with E-state index in [1.54, 1.807) is 7.11 Å². The Bertz CT molecular complexity index is 378. The van der Waals surface area contributed by atoms with Crippen molar-refractivity contribution in [2.75, 3.05) is 20.3 Å². The van der Waals surface area contributed by atoms with Crippen LogP contribution in [-0.4, -0.2) is 31.5 Å². The Labute approximate surface area is 109 Å². The van der Waals surface area contributed by atoms with Crippen molar-refractivity contribution >= 4 is 0 Å². The fourth-order valence-electron chi connectivity index (χ4n) is 2.63. The smallest absolute Gasteiger partial charge is 0.105 e. The van der Waals surface area contributed by atoms with Gasteiger partial charge in [-0.2, -0.15) is 0 Å². The molecule has 0 aromatic heterocycles. The molecule has 1 N–H and O–H groups in total. The Morgan fingerprint density at radius 3 is 2.67 bits per heavy atom. The Balaban J connectivity index is 1.99. The lowest BCUT2D eigenvalue weighted by Gasteiger charge is -2.33. The molecule has 0 amide bonds. The van der Waals surface area contributed by atoms with Gasteiger partial charge in [0.1, 0.15) is 6.10 Å². The largest absolute Gasteiger partial charge is 0.386 e. The van der Waals surface area contributed by atoms with Crippen LogP contribution in [0.15, 0.2) is 24.3 Å². The van der Waals surface area contributed by atoms with Crippen LogP contribution in [0.5, 0.6) is 0 Å². The average Bonchev–Trinajstić information content (AvgIpc) is 2.40. The van der Waals surface area contributed by atoms with Crippen molar-refractivity contribution < 1.29 is 14.6 Å². The molecule has 0 heterocycles. The van der Waals surface area contributed by atoms with Gasteiger partial charge in [0.05, 0.1) is 6.10 Å². The Hall–Kier alpha value is -0.900. The maximum atomic E-state index is 10.3. The van der Waals surface area contributed by atoms with Crippen LogP contribution in [0, 0.1) is 0 Å². The van der Waals surface area contributed by atoms with E-state index in [1.807, 2.05) is 18.2 Å². The van der Waals surface area contributed by atoms with Gasteiger partial charge in [-0.1, -0.05) is 31.2 Å². The first kappa shape index (κ1) is 13.5. The Morgan fingerprint density at radius 1 is 1.22 bits per heavy atom. The third-order valence-corrected chi connectivity index (χ3v) is 3.61. The Kier molecular flexibility index (Phi) is 4.75. The van der Waals surface area contributed by atoms with Crippen molar-refractivity contribution in [2.45, 2.75) is 37.9 Å². The zero-order chi connectivity index (χ0) is 13.0. The molecule has 0 saturated carbocycles. The number of methoxy groups -OCH3 is 1. The first-order valence-electron chi connectivity index (χ1n) is 6.61. The van der Waals surface area contributed by atoms with Crippen molar-refractivity contribution in [1.29, 1.82) is 0 Å². The van der Waals surface area contributed by atoms with Crippen LogP contribution in [0.3, 0.4) is 0 Å². The minimum Gasteiger partial charge on any atom is -0.386 e. The van der Waals surface area contributed by atoms with Crippen LogP contribution < -0.4 is 0 Å². The SMILES string of the molecule is COCCCOC1CC(C)c2ccccc2C1O. The van der Waals surface area contributed by atoms with E-state index in [1.165, 1.54) is 5.56 Å². The highest BCUT2D eigenvalue weighted by Crippen LogP contribution is 2.38. The summed E-state index contributed by atoms with van der Waals surface area (Å²) < 4.78 is 10.8. The summed E-state index contributed by atoms with van der Waals surface area (Å²) in [5.41, 5.74) is 2.27. The molecule has 1 aliphatic carbocycles. The Morgan fingerprint density at radius 2 is 1.94 bits per heavy atom. The van der Waals surface area contributed by atoms with Gasteiger partial charge >= 0.3 is 0 Å². The number of hydrogen-bond donors (Lipinski definition) is 1. The van der Waals surface area contributed by atoms with Gasteiger partial charge in [0, 0.05) is 20.3 Å². The van der Waals surface area contributed by atoms with Crippen molar-refractivity contribution in [3.8, 4) is 0 Å². The number of rotatable bonds is 5. The van der Waals surface area contributed by atoms with Crippen molar-refractivity contribution in [1.82, 2.24) is 0 Å². The summed E-state index contributed by atoms with van der Waals surface area (Å²) in [5.74, 6) is 0.442. The molecule has 3 nitrogen and oxygen atoms in total. The molecule has 3 heteroatoms. The molecule has 0 fully saturated rings. The second-order valence-corrected chi connectivity index (χ2v) is 4.97. The second kappa shape index (κ2) is 6.32. The van der Waals surface area contributed by atoms with Crippen LogP contribution in [0.4, 0.5) is 0 Å². The standard InChI is InChI=1S/C15H22O3/c1-11-10-14(18-9-5-8-17-2)15(16)13-7-4-3-6-12(11)13/h3-4,6-7,11,14-16H,5,8-10H2,1-2H3. The zero-order valence-corrected chi connectivity index (χ0v) is 11.1. The number of ether oxygens (including phenoxy) is 2. The molecule has 0 spiro atoms. The summed E-state index contributed by atoms with van der Waals surface area (Å²) in [5, 5.41) is 10.3. The molecule has 2 rings (SSSR count). The normalized spacial score (nSPS) is 26.9. The lowest BCUT2D eigenvalue weighted by molar-refractivity contribution is -0.0560. The van der Waals surface area contributed by atoms with Gasteiger partial charge in [-0.25, -0.2) is 0 Å². The highest BCUT2D eigenvalue weighted by molar-refractivity contribution is 5.35. The van der Waals surface area contributed by atoms with Gasteiger partial charge in [0.2, 0.25) is 0 Å². The van der Waals surface area contributed by atoms with Crippen LogP contribution in [0.1, 0.15) is 42.9 Å². The molecular weight excluding hydrogens is 228 g/mol. The summed E-state index contributed by atoms with van der Waals surface area (Å²) >= 11 is 0. The fraction of sp³-hybridized carbons (Fsp3) is 0.600. The van der Waals surface area contributed by atoms with E-state index in [4.69, 9.17) is 9.47 Å². The van der Waals surface area contributed by atoms with Crippen molar-refractivity contribution in [3.05, 3.63) is 35.4 Å². The van der Waals surface area contributed by atoms with Gasteiger partial charge in [0.15, 0.2) is 0 Å². The molecule has 1 aromatic rings. The molecule has 18 heavy (non-hydrogen) atoms. The van der Waals surface area contributed by atoms with Crippen LogP contribution in [-0.2, 0) is 9.47 Å². The number of benzene rings is 1. The quantitative estimate of drug-likeness (QED) is 0.816. The molecule has 3 atom stereocenters. The minimum absolute atomic E-state index is 0.0910. The summed E-state index contributed by atoms with van der Waals surface area (Å²) in [7, 11) is 1.69. The molecule has 0 radical (unpaired) electrons. The second-order valence-electron chi connectivity index (χ2n) is 4.97. The van der Waals surface area contributed by atoms with Crippen LogP contribution in [0.2, 0.25) is 0 Å². The molecule has 1 aromatic carbocycles. The van der Waals surface area contributed by atoms with Crippen molar-refractivity contribution in [2.24, 2.45) is 0 Å². The molecule has 3 unspecified atom stereocenters. The van der Waals surface area contributed by atoms with Gasteiger partial charge in [-0.05, 0) is 29.9 Å². The van der Waals surface area contributed by atoms with Gasteiger partial charge < -0.3 is 14.6 Å². The average molecular weight is 250 g/mol. The summed E-state index contributed by atoms with van der Waals surface area (Å²) in [6, 6.07) is 8.11. The summed E-state index contributed by atoms with van der Waals surface area (Å²) in [6.45, 7) is 3.54. The van der Waals surface area contributed by atoms with Crippen LogP contribution in [0.25, 0.3) is 0 Å². The molecular formula is C15H22O3.